The Morgan fingerprint density at radius 1 is 1.18 bits per heavy atom. The number of hydrogen-bond donors (Lipinski definition) is 2. The van der Waals surface area contributed by atoms with Gasteiger partial charge in [-0.15, -0.1) is 0 Å². The van der Waals surface area contributed by atoms with Crippen molar-refractivity contribution in [2.75, 3.05) is 6.61 Å². The molecular weight excluding hydrogens is 432 g/mol. The first kappa shape index (κ1) is 23.1. The number of fused-ring (bicyclic) bond motifs is 7. The average Bonchev–Trinajstić information content (AvgIpc) is 3.32. The van der Waals surface area contributed by atoms with Crippen molar-refractivity contribution in [1.82, 2.24) is 0 Å². The maximum Gasteiger partial charge on any atom is 0.193 e. The number of aliphatic hydroxyl groups excluding tert-OH is 2. The van der Waals surface area contributed by atoms with Crippen LogP contribution in [-0.2, 0) is 19.1 Å². The highest BCUT2D eigenvalue weighted by atomic mass is 16.7. The van der Waals surface area contributed by atoms with Crippen molar-refractivity contribution in [2.24, 2.45) is 34.5 Å². The molecule has 0 radical (unpaired) electrons. The highest BCUT2D eigenvalue weighted by Gasteiger charge is 2.76. The lowest BCUT2D eigenvalue weighted by molar-refractivity contribution is -0.209. The lowest BCUT2D eigenvalue weighted by atomic mass is 9.46. The molecule has 9 atom stereocenters. The number of ketones is 2. The van der Waals surface area contributed by atoms with Crippen LogP contribution in [0.4, 0.5) is 0 Å². The van der Waals surface area contributed by atoms with E-state index >= 15 is 0 Å². The highest BCUT2D eigenvalue weighted by molar-refractivity contribution is 6.01. The molecule has 34 heavy (non-hydrogen) atoms. The molecule has 0 amide bonds. The number of allylic oxidation sites excluding steroid dienone is 4. The molecule has 3 unspecified atom stereocenters. The van der Waals surface area contributed by atoms with Crippen LogP contribution in [0.5, 0.6) is 0 Å². The van der Waals surface area contributed by atoms with Crippen molar-refractivity contribution in [3.63, 3.8) is 0 Å². The Kier molecular flexibility index (Phi) is 5.31. The standard InChI is InChI=1S/C28H38O6/c1-26-11-10-18(30)12-17(26)8-9-19-20-13-23-28(22(32)15-29,27(20,2)14-21(31)24(19)26)34-25(33-23)16-6-4-3-5-7-16/h10-12,16,19-21,23-25,29,31H,3-9,13-15H2,1-2H3/t19?,20?,21-,23+,24?,25+,26-,27-,28+/m0/s1. The highest BCUT2D eigenvalue weighted by Crippen LogP contribution is 2.70. The molecule has 6 heteroatoms. The molecule has 186 valence electrons. The van der Waals surface area contributed by atoms with E-state index in [-0.39, 0.29) is 46.8 Å². The van der Waals surface area contributed by atoms with Crippen LogP contribution < -0.4 is 0 Å². The first-order chi connectivity index (χ1) is 16.2. The summed E-state index contributed by atoms with van der Waals surface area (Å²) in [4.78, 5) is 25.6. The van der Waals surface area contributed by atoms with E-state index in [0.717, 1.165) is 50.5 Å². The van der Waals surface area contributed by atoms with Crippen LogP contribution in [0, 0.1) is 34.5 Å². The number of rotatable bonds is 3. The third-order valence-corrected chi connectivity index (χ3v) is 10.8. The van der Waals surface area contributed by atoms with Gasteiger partial charge in [0.25, 0.3) is 0 Å². The maximum absolute atomic E-state index is 13.5. The minimum absolute atomic E-state index is 0.0100. The second-order valence-corrected chi connectivity index (χ2v) is 12.3. The van der Waals surface area contributed by atoms with E-state index in [2.05, 4.69) is 13.8 Å². The van der Waals surface area contributed by atoms with Crippen molar-refractivity contribution < 1.29 is 29.3 Å². The topological polar surface area (TPSA) is 93.1 Å². The second-order valence-electron chi connectivity index (χ2n) is 12.3. The summed E-state index contributed by atoms with van der Waals surface area (Å²) in [5.41, 5.74) is -1.04. The van der Waals surface area contributed by atoms with E-state index in [1.165, 1.54) is 6.42 Å². The summed E-state index contributed by atoms with van der Waals surface area (Å²) in [6, 6.07) is 0. The maximum atomic E-state index is 13.5. The van der Waals surface area contributed by atoms with Gasteiger partial charge in [0.1, 0.15) is 6.61 Å². The van der Waals surface area contributed by atoms with Gasteiger partial charge in [-0.3, -0.25) is 9.59 Å². The smallest absolute Gasteiger partial charge is 0.193 e. The minimum Gasteiger partial charge on any atom is -0.393 e. The number of carbonyl (C=O) groups is 2. The zero-order chi connectivity index (χ0) is 23.9. The molecule has 5 fully saturated rings. The number of Topliss-reactive ketones (excluding diaryl/α,β-unsaturated/α-hetero) is 1. The van der Waals surface area contributed by atoms with Gasteiger partial charge < -0.3 is 19.7 Å². The lowest BCUT2D eigenvalue weighted by Gasteiger charge is -2.59. The van der Waals surface area contributed by atoms with Crippen LogP contribution in [0.3, 0.4) is 0 Å². The molecule has 0 spiro atoms. The fourth-order valence-electron chi connectivity index (χ4n) is 9.33. The number of hydrogen-bond acceptors (Lipinski definition) is 6. The third kappa shape index (κ3) is 2.89. The summed E-state index contributed by atoms with van der Waals surface area (Å²) in [6.07, 6.45) is 12.5. The van der Waals surface area contributed by atoms with E-state index in [1.54, 1.807) is 12.2 Å². The first-order valence-corrected chi connectivity index (χ1v) is 13.3. The summed E-state index contributed by atoms with van der Waals surface area (Å²) in [5.74, 6) is 0.360. The van der Waals surface area contributed by atoms with Crippen molar-refractivity contribution in [1.29, 1.82) is 0 Å². The number of aliphatic hydroxyl groups is 2. The molecule has 0 aromatic rings. The second kappa shape index (κ2) is 7.83. The van der Waals surface area contributed by atoms with Crippen molar-refractivity contribution in [3.05, 3.63) is 23.8 Å². The van der Waals surface area contributed by atoms with Crippen molar-refractivity contribution in [3.8, 4) is 0 Å². The van der Waals surface area contributed by atoms with Gasteiger partial charge in [0.2, 0.25) is 0 Å². The molecule has 1 aliphatic heterocycles. The summed E-state index contributed by atoms with van der Waals surface area (Å²) in [5, 5.41) is 21.7. The summed E-state index contributed by atoms with van der Waals surface area (Å²) < 4.78 is 13.3. The van der Waals surface area contributed by atoms with Crippen LogP contribution in [0.2, 0.25) is 0 Å². The Morgan fingerprint density at radius 2 is 1.94 bits per heavy atom. The molecule has 0 aromatic carbocycles. The molecule has 6 aliphatic rings. The van der Waals surface area contributed by atoms with Crippen LogP contribution in [-0.4, -0.2) is 52.5 Å². The monoisotopic (exact) mass is 470 g/mol. The number of carbonyl (C=O) groups excluding carboxylic acids is 2. The Balaban J connectivity index is 1.37. The molecule has 6 rings (SSSR count). The van der Waals surface area contributed by atoms with E-state index in [1.807, 2.05) is 6.08 Å². The van der Waals surface area contributed by atoms with E-state index < -0.39 is 30.0 Å². The zero-order valence-corrected chi connectivity index (χ0v) is 20.4. The first-order valence-electron chi connectivity index (χ1n) is 13.3. The van der Waals surface area contributed by atoms with Crippen LogP contribution in [0.1, 0.15) is 71.6 Å². The van der Waals surface area contributed by atoms with Gasteiger partial charge in [-0.25, -0.2) is 0 Å². The Bertz CT molecular complexity index is 949. The molecule has 1 heterocycles. The molecule has 0 bridgehead atoms. The van der Waals surface area contributed by atoms with E-state index in [0.29, 0.717) is 6.42 Å². The van der Waals surface area contributed by atoms with Gasteiger partial charge in [-0.05, 0) is 62.5 Å². The fraction of sp³-hybridized carbons (Fsp3) is 0.786. The summed E-state index contributed by atoms with van der Waals surface area (Å²) >= 11 is 0. The Labute approximate surface area is 201 Å². The van der Waals surface area contributed by atoms with Crippen LogP contribution in [0.25, 0.3) is 0 Å². The van der Waals surface area contributed by atoms with E-state index in [4.69, 9.17) is 9.47 Å². The van der Waals surface area contributed by atoms with Crippen LogP contribution >= 0.6 is 0 Å². The van der Waals surface area contributed by atoms with Gasteiger partial charge in [-0.2, -0.15) is 0 Å². The van der Waals surface area contributed by atoms with Crippen molar-refractivity contribution in [2.45, 2.75) is 95.7 Å². The predicted molar refractivity (Wildman–Crippen MR) is 125 cm³/mol. The van der Waals surface area contributed by atoms with Gasteiger partial charge in [0.05, 0.1) is 12.2 Å². The van der Waals surface area contributed by atoms with Gasteiger partial charge >= 0.3 is 0 Å². The Hall–Kier alpha value is -1.34. The molecule has 0 aromatic heterocycles. The van der Waals surface area contributed by atoms with Crippen molar-refractivity contribution >= 4 is 11.6 Å². The van der Waals surface area contributed by atoms with Crippen LogP contribution in [0.15, 0.2) is 23.8 Å². The Morgan fingerprint density at radius 3 is 2.68 bits per heavy atom. The molecule has 5 aliphatic carbocycles. The number of ether oxygens (including phenoxy) is 2. The fourth-order valence-corrected chi connectivity index (χ4v) is 9.33. The summed E-state index contributed by atoms with van der Waals surface area (Å²) in [6.45, 7) is 3.69. The average molecular weight is 471 g/mol. The lowest BCUT2D eigenvalue weighted by Crippen LogP contribution is -2.63. The zero-order valence-electron chi connectivity index (χ0n) is 20.4. The minimum atomic E-state index is -1.20. The molecule has 1 saturated heterocycles. The van der Waals surface area contributed by atoms with Gasteiger partial charge in [0, 0.05) is 22.7 Å². The van der Waals surface area contributed by atoms with E-state index in [9.17, 15) is 19.8 Å². The predicted octanol–water partition coefficient (Wildman–Crippen LogP) is 3.50. The molecular formula is C28H38O6. The quantitative estimate of drug-likeness (QED) is 0.656. The molecule has 6 nitrogen and oxygen atoms in total. The normalized spacial score (nSPS) is 50.2. The SMILES string of the molecule is C[C@]12C=CC(=O)C=C1CCC1C2[C@@H](O)C[C@@]2(C)C1C[C@H]1O[C@@H](C3CCCCC3)O[C@]12C(=O)CO. The molecule has 4 saturated carbocycles. The van der Waals surface area contributed by atoms with Gasteiger partial charge in [-0.1, -0.05) is 44.8 Å². The third-order valence-electron chi connectivity index (χ3n) is 10.8. The van der Waals surface area contributed by atoms with Gasteiger partial charge in [0.15, 0.2) is 23.5 Å². The largest absolute Gasteiger partial charge is 0.393 e. The summed E-state index contributed by atoms with van der Waals surface area (Å²) in [7, 11) is 0. The molecule has 2 N–H and O–H groups in total.